The molecule has 0 spiro atoms. The van der Waals surface area contributed by atoms with Gasteiger partial charge >= 0.3 is 5.97 Å². The van der Waals surface area contributed by atoms with Crippen LogP contribution in [0, 0.1) is 35.5 Å². The number of esters is 1. The third-order valence-corrected chi connectivity index (χ3v) is 11.6. The number of rotatable bonds is 9. The number of benzene rings is 2. The Bertz CT molecular complexity index is 1870. The Morgan fingerprint density at radius 2 is 1.71 bits per heavy atom. The molecule has 0 amide bonds. The van der Waals surface area contributed by atoms with Crippen molar-refractivity contribution in [3.63, 3.8) is 0 Å². The molecule has 0 aromatic heterocycles. The molecule has 1 aliphatic heterocycles. The van der Waals surface area contributed by atoms with Crippen LogP contribution in [0.2, 0.25) is 0 Å². The minimum absolute atomic E-state index is 0.0233. The van der Waals surface area contributed by atoms with Gasteiger partial charge in [-0.3, -0.25) is 19.2 Å². The van der Waals surface area contributed by atoms with Crippen LogP contribution in [0.3, 0.4) is 0 Å². The maximum atomic E-state index is 13.9. The number of ether oxygens (including phenoxy) is 4. The smallest absolute Gasteiger partial charge is 0.306 e. The minimum Gasteiger partial charge on any atom is -0.507 e. The molecule has 5 aliphatic rings. The van der Waals surface area contributed by atoms with Crippen LogP contribution >= 0.6 is 0 Å². The maximum absolute atomic E-state index is 13.9. The average molecular weight is 719 g/mol. The van der Waals surface area contributed by atoms with Crippen LogP contribution in [0.1, 0.15) is 101 Å². The molecule has 2 unspecified atom stereocenters. The Balaban J connectivity index is 1.15. The summed E-state index contributed by atoms with van der Waals surface area (Å²) in [6.07, 6.45) is -2.10. The highest BCUT2D eigenvalue weighted by molar-refractivity contribution is 6.31. The van der Waals surface area contributed by atoms with E-state index in [4.69, 9.17) is 18.9 Å². The zero-order valence-corrected chi connectivity index (χ0v) is 28.9. The van der Waals surface area contributed by atoms with E-state index in [1.807, 2.05) is 0 Å². The number of carbonyl (C=O) groups excluding carboxylic acids is 4. The van der Waals surface area contributed by atoms with Gasteiger partial charge in [-0.05, 0) is 43.6 Å². The van der Waals surface area contributed by atoms with Gasteiger partial charge in [-0.1, -0.05) is 12.1 Å². The standard InChI is InChI=1S/C39H42O13/c1-18-34(43)19(12-28(42)50-17-24-20-8-5-3-4-6-9-21(20)24)13-29(51-18)52-26-15-39(48,27(41)16-40)14-23-31(26)38(47)33-32(36(23)45)35(44)22-10-7-11-25(49-2)30(22)37(33)46/h7,10-11,18-21,24,26,29,34,40,43,45,47-48H,5-6,8-9,12-17H2,1-2H3/t18-,19-,20?,21?,24?,26-,29-,34-,39-/m0/s1. The summed E-state index contributed by atoms with van der Waals surface area (Å²) >= 11 is 0. The van der Waals surface area contributed by atoms with E-state index in [1.165, 1.54) is 25.3 Å². The lowest BCUT2D eigenvalue weighted by Crippen LogP contribution is -2.49. The quantitative estimate of drug-likeness (QED) is 0.123. The molecule has 13 heteroatoms. The highest BCUT2D eigenvalue weighted by atomic mass is 16.7. The summed E-state index contributed by atoms with van der Waals surface area (Å²) in [5, 5.41) is 55.6. The highest BCUT2D eigenvalue weighted by Gasteiger charge is 2.51. The van der Waals surface area contributed by atoms with Crippen molar-refractivity contribution < 1.29 is 63.7 Å². The molecule has 2 aromatic carbocycles. The van der Waals surface area contributed by atoms with Gasteiger partial charge in [-0.25, -0.2) is 0 Å². The Morgan fingerprint density at radius 1 is 1.02 bits per heavy atom. The molecule has 0 bridgehead atoms. The summed E-state index contributed by atoms with van der Waals surface area (Å²) in [5.41, 5.74) is -3.84. The Morgan fingerprint density at radius 3 is 2.38 bits per heavy atom. The number of phenolic OH excluding ortho intramolecular Hbond substituents is 2. The molecule has 5 N–H and O–H groups in total. The third kappa shape index (κ3) is 6.16. The number of phenols is 2. The van der Waals surface area contributed by atoms with Crippen LogP contribution in [0.25, 0.3) is 0 Å². The number of hydrogen-bond acceptors (Lipinski definition) is 13. The van der Waals surface area contributed by atoms with Gasteiger partial charge in [-0.15, -0.1) is 11.8 Å². The van der Waals surface area contributed by atoms with Gasteiger partial charge in [0.2, 0.25) is 5.78 Å². The van der Waals surface area contributed by atoms with Crippen LogP contribution in [-0.4, -0.2) is 93.3 Å². The van der Waals surface area contributed by atoms with E-state index in [9.17, 15) is 44.7 Å². The molecule has 52 heavy (non-hydrogen) atoms. The number of aliphatic hydroxyl groups excluding tert-OH is 2. The van der Waals surface area contributed by atoms with Crippen molar-refractivity contribution in [2.75, 3.05) is 20.3 Å². The lowest BCUT2D eigenvalue weighted by molar-refractivity contribution is -0.257. The summed E-state index contributed by atoms with van der Waals surface area (Å²) in [7, 11) is 1.32. The minimum atomic E-state index is -2.30. The molecule has 8 atom stereocenters. The molecular weight excluding hydrogens is 676 g/mol. The van der Waals surface area contributed by atoms with Crippen LogP contribution in [-0.2, 0) is 30.2 Å². The molecule has 2 fully saturated rings. The lowest BCUT2D eigenvalue weighted by Gasteiger charge is -2.42. The van der Waals surface area contributed by atoms with E-state index in [-0.39, 0.29) is 40.8 Å². The van der Waals surface area contributed by atoms with Gasteiger partial charge in [0.1, 0.15) is 29.5 Å². The van der Waals surface area contributed by atoms with Gasteiger partial charge in [0.25, 0.3) is 0 Å². The molecule has 1 saturated heterocycles. The fourth-order valence-corrected chi connectivity index (χ4v) is 8.76. The number of aromatic hydroxyl groups is 2. The number of Topliss-reactive ketones (excluding diaryl/α,β-unsaturated/α-hetero) is 1. The van der Waals surface area contributed by atoms with Gasteiger partial charge in [-0.2, -0.15) is 0 Å². The first kappa shape index (κ1) is 36.1. The molecule has 4 aliphatic carbocycles. The Labute approximate surface area is 299 Å². The van der Waals surface area contributed by atoms with E-state index < -0.39 is 102 Å². The van der Waals surface area contributed by atoms with Crippen LogP contribution < -0.4 is 4.74 Å². The predicted molar refractivity (Wildman–Crippen MR) is 180 cm³/mol. The number of hydrogen-bond donors (Lipinski definition) is 5. The van der Waals surface area contributed by atoms with E-state index in [2.05, 4.69) is 11.8 Å². The first-order valence-electron chi connectivity index (χ1n) is 17.7. The average Bonchev–Trinajstić information content (AvgIpc) is 3.77. The molecular formula is C39H42O13. The zero-order chi connectivity index (χ0) is 37.1. The maximum Gasteiger partial charge on any atom is 0.306 e. The van der Waals surface area contributed by atoms with E-state index >= 15 is 0 Å². The van der Waals surface area contributed by atoms with Gasteiger partial charge in [0.05, 0.1) is 55.1 Å². The van der Waals surface area contributed by atoms with Crippen molar-refractivity contribution in [1.29, 1.82) is 0 Å². The van der Waals surface area contributed by atoms with Crippen LogP contribution in [0.15, 0.2) is 18.2 Å². The monoisotopic (exact) mass is 718 g/mol. The Hall–Kier alpha value is -4.32. The van der Waals surface area contributed by atoms with Crippen molar-refractivity contribution in [2.45, 2.75) is 88.5 Å². The summed E-state index contributed by atoms with van der Waals surface area (Å²) in [4.78, 5) is 53.6. The largest absolute Gasteiger partial charge is 0.507 e. The van der Waals surface area contributed by atoms with E-state index in [0.717, 1.165) is 25.7 Å². The van der Waals surface area contributed by atoms with Crippen molar-refractivity contribution in [1.82, 2.24) is 0 Å². The van der Waals surface area contributed by atoms with Crippen LogP contribution in [0.4, 0.5) is 0 Å². The van der Waals surface area contributed by atoms with E-state index in [1.54, 1.807) is 6.92 Å². The molecule has 13 nitrogen and oxygen atoms in total. The number of aliphatic hydroxyl groups is 3. The summed E-state index contributed by atoms with van der Waals surface area (Å²) in [6.45, 7) is 0.838. The molecule has 276 valence electrons. The fourth-order valence-electron chi connectivity index (χ4n) is 8.76. The SMILES string of the molecule is COc1cccc2c1C(=O)c1c(O)c3c(c(O)c1C2=O)C[C@@](O)(C(=O)CO)C[C@@H]3O[C@H]1C[C@H](CC(=O)OCC2C3CCC#CCCC32)[C@@H](O)[C@H](C)O1. The molecule has 2 aromatic rings. The van der Waals surface area contributed by atoms with Crippen molar-refractivity contribution in [3.8, 4) is 29.1 Å². The molecule has 1 saturated carbocycles. The predicted octanol–water partition coefficient (Wildman–Crippen LogP) is 2.66. The van der Waals surface area contributed by atoms with Gasteiger partial charge in [0.15, 0.2) is 17.9 Å². The molecule has 0 radical (unpaired) electrons. The third-order valence-electron chi connectivity index (χ3n) is 11.6. The second kappa shape index (κ2) is 13.9. The summed E-state index contributed by atoms with van der Waals surface area (Å²) in [6, 6.07) is 4.36. The first-order valence-corrected chi connectivity index (χ1v) is 17.7. The van der Waals surface area contributed by atoms with Gasteiger partial charge < -0.3 is 44.5 Å². The van der Waals surface area contributed by atoms with E-state index in [0.29, 0.717) is 24.4 Å². The lowest BCUT2D eigenvalue weighted by atomic mass is 9.72. The number of ketones is 3. The summed E-state index contributed by atoms with van der Waals surface area (Å²) < 4.78 is 23.2. The fraction of sp³-hybridized carbons (Fsp3) is 0.538. The normalized spacial score (nSPS) is 31.7. The van der Waals surface area contributed by atoms with Crippen molar-refractivity contribution in [3.05, 3.63) is 51.6 Å². The Kier molecular flexibility index (Phi) is 9.65. The topological polar surface area (TPSA) is 206 Å². The van der Waals surface area contributed by atoms with Crippen molar-refractivity contribution in [2.24, 2.45) is 23.7 Å². The molecule has 1 heterocycles. The second-order valence-electron chi connectivity index (χ2n) is 14.6. The molecule has 7 rings (SSSR count). The summed E-state index contributed by atoms with van der Waals surface area (Å²) in [5.74, 6) is 2.55. The number of methoxy groups -OCH3 is 1. The second-order valence-corrected chi connectivity index (χ2v) is 14.6. The van der Waals surface area contributed by atoms with Crippen LogP contribution in [0.5, 0.6) is 17.2 Å². The zero-order valence-electron chi connectivity index (χ0n) is 28.9. The highest BCUT2D eigenvalue weighted by Crippen LogP contribution is 2.54. The number of fused-ring (bicyclic) bond motifs is 4. The number of carbonyl (C=O) groups is 4. The van der Waals surface area contributed by atoms with Crippen molar-refractivity contribution >= 4 is 23.3 Å². The van der Waals surface area contributed by atoms with Gasteiger partial charge in [0, 0.05) is 54.7 Å². The first-order chi connectivity index (χ1) is 24.9.